The Morgan fingerprint density at radius 3 is 2.31 bits per heavy atom. The SMILES string of the molecule is CC(C)C(C)N(C)C(=O)n1cc[n+](C)c1.[I-]. The molecule has 0 bridgehead atoms. The van der Waals surface area contributed by atoms with Gasteiger partial charge < -0.3 is 28.9 Å². The van der Waals surface area contributed by atoms with E-state index in [1.165, 1.54) is 0 Å². The molecule has 1 rings (SSSR count). The lowest BCUT2D eigenvalue weighted by molar-refractivity contribution is -0.670. The summed E-state index contributed by atoms with van der Waals surface area (Å²) in [5, 5.41) is 0. The predicted molar refractivity (Wildman–Crippen MR) is 58.5 cm³/mol. The molecule has 0 spiro atoms. The van der Waals surface area contributed by atoms with Crippen LogP contribution in [0.3, 0.4) is 0 Å². The number of aromatic nitrogens is 2. The van der Waals surface area contributed by atoms with Crippen LogP contribution in [0.25, 0.3) is 0 Å². The van der Waals surface area contributed by atoms with E-state index in [0.29, 0.717) is 5.92 Å². The van der Waals surface area contributed by atoms with Crippen LogP contribution in [0.2, 0.25) is 0 Å². The Morgan fingerprint density at radius 2 is 1.94 bits per heavy atom. The quantitative estimate of drug-likeness (QED) is 0.466. The summed E-state index contributed by atoms with van der Waals surface area (Å²) in [6.07, 6.45) is 5.39. The van der Waals surface area contributed by atoms with Crippen molar-refractivity contribution < 1.29 is 33.3 Å². The lowest BCUT2D eigenvalue weighted by Crippen LogP contribution is -3.00. The molecule has 1 aromatic rings. The summed E-state index contributed by atoms with van der Waals surface area (Å²) in [4.78, 5) is 13.7. The molecule has 0 aliphatic carbocycles. The number of hydrogen-bond acceptors (Lipinski definition) is 1. The Hall–Kier alpha value is -0.590. The summed E-state index contributed by atoms with van der Waals surface area (Å²) in [5.74, 6) is 0.461. The maximum absolute atomic E-state index is 12.0. The Labute approximate surface area is 114 Å². The molecule has 1 unspecified atom stereocenters. The van der Waals surface area contributed by atoms with Crippen LogP contribution in [0.5, 0.6) is 0 Å². The van der Waals surface area contributed by atoms with Gasteiger partial charge in [-0.3, -0.25) is 0 Å². The van der Waals surface area contributed by atoms with E-state index in [9.17, 15) is 4.79 Å². The molecule has 0 aliphatic rings. The molecule has 0 saturated carbocycles. The van der Waals surface area contributed by atoms with Crippen molar-refractivity contribution in [3.63, 3.8) is 0 Å². The number of amides is 1. The van der Waals surface area contributed by atoms with Crippen molar-refractivity contribution in [1.82, 2.24) is 9.47 Å². The zero-order valence-corrected chi connectivity index (χ0v) is 12.7. The number of carbonyl (C=O) groups excluding carboxylic acids is 1. The minimum atomic E-state index is 0. The van der Waals surface area contributed by atoms with Gasteiger partial charge in [0.25, 0.3) is 6.33 Å². The lowest BCUT2D eigenvalue weighted by atomic mass is 10.1. The number of rotatable bonds is 2. The summed E-state index contributed by atoms with van der Waals surface area (Å²) in [6.45, 7) is 6.29. The third kappa shape index (κ3) is 3.47. The van der Waals surface area contributed by atoms with Gasteiger partial charge >= 0.3 is 6.03 Å². The van der Waals surface area contributed by atoms with Gasteiger partial charge in [-0.2, -0.15) is 4.57 Å². The van der Waals surface area contributed by atoms with Gasteiger partial charge in [0.05, 0.1) is 7.05 Å². The van der Waals surface area contributed by atoms with Crippen LogP contribution in [0.15, 0.2) is 18.7 Å². The van der Waals surface area contributed by atoms with Crippen LogP contribution in [0, 0.1) is 5.92 Å². The molecule has 0 saturated heterocycles. The van der Waals surface area contributed by atoms with Crippen LogP contribution in [-0.2, 0) is 7.05 Å². The maximum Gasteiger partial charge on any atom is 0.415 e. The Morgan fingerprint density at radius 1 is 1.38 bits per heavy atom. The largest absolute Gasteiger partial charge is 1.00 e. The third-order valence-corrected chi connectivity index (χ3v) is 2.87. The maximum atomic E-state index is 12.0. The van der Waals surface area contributed by atoms with Gasteiger partial charge in [0.2, 0.25) is 0 Å². The summed E-state index contributed by atoms with van der Waals surface area (Å²) in [7, 11) is 3.74. The predicted octanol–water partition coefficient (Wildman–Crippen LogP) is -1.74. The Bertz CT molecular complexity index is 349. The first kappa shape index (κ1) is 15.4. The molecule has 92 valence electrons. The minimum Gasteiger partial charge on any atom is -1.00 e. The highest BCUT2D eigenvalue weighted by molar-refractivity contribution is 5.76. The van der Waals surface area contributed by atoms with E-state index in [4.69, 9.17) is 0 Å². The van der Waals surface area contributed by atoms with E-state index in [1.54, 1.807) is 22.0 Å². The number of aryl methyl sites for hydroxylation is 1. The first-order valence-corrected chi connectivity index (χ1v) is 5.24. The van der Waals surface area contributed by atoms with Crippen molar-refractivity contribution in [1.29, 1.82) is 0 Å². The van der Waals surface area contributed by atoms with Crippen LogP contribution in [0.1, 0.15) is 20.8 Å². The highest BCUT2D eigenvalue weighted by atomic mass is 127. The van der Waals surface area contributed by atoms with E-state index < -0.39 is 0 Å². The summed E-state index contributed by atoms with van der Waals surface area (Å²) >= 11 is 0. The van der Waals surface area contributed by atoms with Crippen LogP contribution in [0.4, 0.5) is 4.79 Å². The molecule has 1 heterocycles. The molecular formula is C11H20IN3O. The molecule has 0 fully saturated rings. The molecule has 4 nitrogen and oxygen atoms in total. The number of carbonyl (C=O) groups is 1. The second-order valence-corrected chi connectivity index (χ2v) is 4.36. The van der Waals surface area contributed by atoms with Gasteiger partial charge in [-0.05, 0) is 12.8 Å². The Balaban J connectivity index is 0.00000225. The van der Waals surface area contributed by atoms with Crippen molar-refractivity contribution in [2.75, 3.05) is 7.05 Å². The van der Waals surface area contributed by atoms with Gasteiger partial charge in [-0.25, -0.2) is 9.36 Å². The fourth-order valence-electron chi connectivity index (χ4n) is 1.37. The topological polar surface area (TPSA) is 29.1 Å². The highest BCUT2D eigenvalue weighted by Gasteiger charge is 2.23. The molecule has 0 radical (unpaired) electrons. The zero-order chi connectivity index (χ0) is 11.6. The van der Waals surface area contributed by atoms with E-state index in [-0.39, 0.29) is 36.0 Å². The molecule has 0 N–H and O–H groups in total. The van der Waals surface area contributed by atoms with Gasteiger partial charge in [0.1, 0.15) is 12.4 Å². The van der Waals surface area contributed by atoms with E-state index >= 15 is 0 Å². The second kappa shape index (κ2) is 6.22. The summed E-state index contributed by atoms with van der Waals surface area (Å²) in [5.41, 5.74) is 0. The second-order valence-electron chi connectivity index (χ2n) is 4.36. The van der Waals surface area contributed by atoms with E-state index in [0.717, 1.165) is 0 Å². The fraction of sp³-hybridized carbons (Fsp3) is 0.636. The molecule has 1 atom stereocenters. The van der Waals surface area contributed by atoms with Gasteiger partial charge in [0.15, 0.2) is 0 Å². The smallest absolute Gasteiger partial charge is 0.415 e. The van der Waals surface area contributed by atoms with Gasteiger partial charge in [0, 0.05) is 13.1 Å². The normalized spacial score (nSPS) is 12.1. The van der Waals surface area contributed by atoms with Gasteiger partial charge in [-0.15, -0.1) is 0 Å². The number of hydrogen-bond donors (Lipinski definition) is 0. The molecule has 1 aromatic heterocycles. The molecule has 1 amide bonds. The zero-order valence-electron chi connectivity index (χ0n) is 10.5. The summed E-state index contributed by atoms with van der Waals surface area (Å²) in [6, 6.07) is 0.252. The van der Waals surface area contributed by atoms with Crippen molar-refractivity contribution >= 4 is 6.03 Å². The van der Waals surface area contributed by atoms with Crippen LogP contribution >= 0.6 is 0 Å². The fourth-order valence-corrected chi connectivity index (χ4v) is 1.37. The first-order chi connectivity index (χ1) is 6.93. The number of imidazole rings is 1. The molecule has 5 heteroatoms. The van der Waals surface area contributed by atoms with Crippen molar-refractivity contribution in [3.8, 4) is 0 Å². The standard InChI is InChI=1S/C11H20N3O.HI/c1-9(2)10(3)13(5)11(15)14-7-6-12(4)8-14;/h6-10H,1-5H3;1H/q+1;/p-1. The van der Waals surface area contributed by atoms with Gasteiger partial charge in [-0.1, -0.05) is 13.8 Å². The average molecular weight is 337 g/mol. The summed E-state index contributed by atoms with van der Waals surface area (Å²) < 4.78 is 3.45. The van der Waals surface area contributed by atoms with Crippen molar-refractivity contribution in [2.24, 2.45) is 13.0 Å². The molecular weight excluding hydrogens is 317 g/mol. The minimum absolute atomic E-state index is 0. The number of halogens is 1. The monoisotopic (exact) mass is 337 g/mol. The average Bonchev–Trinajstić information content (AvgIpc) is 2.61. The van der Waals surface area contributed by atoms with E-state index in [2.05, 4.69) is 20.8 Å². The third-order valence-electron chi connectivity index (χ3n) is 2.87. The van der Waals surface area contributed by atoms with Crippen molar-refractivity contribution in [3.05, 3.63) is 18.7 Å². The van der Waals surface area contributed by atoms with Crippen LogP contribution < -0.4 is 28.5 Å². The van der Waals surface area contributed by atoms with Crippen molar-refractivity contribution in [2.45, 2.75) is 26.8 Å². The molecule has 16 heavy (non-hydrogen) atoms. The lowest BCUT2D eigenvalue weighted by Gasteiger charge is -2.25. The number of nitrogens with zero attached hydrogens (tertiary/aromatic N) is 3. The molecule has 0 aliphatic heterocycles. The molecule has 0 aromatic carbocycles. The highest BCUT2D eigenvalue weighted by Crippen LogP contribution is 2.09. The van der Waals surface area contributed by atoms with E-state index in [1.807, 2.05) is 24.9 Å². The first-order valence-electron chi connectivity index (χ1n) is 5.24. The Kier molecular flexibility index (Phi) is 5.99. The van der Waals surface area contributed by atoms with Crippen LogP contribution in [-0.4, -0.2) is 28.6 Å².